The third-order valence-corrected chi connectivity index (χ3v) is 3.33. The number of aromatic amines is 1. The highest BCUT2D eigenvalue weighted by molar-refractivity contribution is 6.35. The minimum absolute atomic E-state index is 0.221. The molecule has 1 aromatic carbocycles. The number of imide groups is 1. The zero-order chi connectivity index (χ0) is 15.0. The van der Waals surface area contributed by atoms with Gasteiger partial charge in [-0.05, 0) is 18.2 Å². The summed E-state index contributed by atoms with van der Waals surface area (Å²) in [5.41, 5.74) is 0.522. The number of carbonyl (C=O) groups excluding carboxylic acids is 2. The zero-order valence-corrected chi connectivity index (χ0v) is 11.5. The van der Waals surface area contributed by atoms with Gasteiger partial charge in [-0.1, -0.05) is 6.07 Å². The first kappa shape index (κ1) is 13.1. The molecule has 0 radical (unpaired) electrons. The summed E-state index contributed by atoms with van der Waals surface area (Å²) >= 11 is 0. The van der Waals surface area contributed by atoms with E-state index >= 15 is 0 Å². The van der Waals surface area contributed by atoms with Crippen LogP contribution in [0, 0.1) is 0 Å². The molecule has 106 valence electrons. The lowest BCUT2D eigenvalue weighted by atomic mass is 10.1. The predicted octanol–water partition coefficient (Wildman–Crippen LogP) is 1.32. The number of anilines is 1. The number of nitrogens with zero attached hydrogens (tertiary/aromatic N) is 1. The van der Waals surface area contributed by atoms with Crippen molar-refractivity contribution in [2.24, 2.45) is 0 Å². The van der Waals surface area contributed by atoms with Crippen molar-refractivity contribution >= 4 is 17.6 Å². The number of pyridine rings is 1. The van der Waals surface area contributed by atoms with E-state index < -0.39 is 11.8 Å². The Morgan fingerprint density at radius 1 is 1.00 bits per heavy atom. The molecule has 6 heteroatoms. The molecule has 0 spiro atoms. The number of aromatic nitrogens is 1. The molecule has 2 aromatic rings. The van der Waals surface area contributed by atoms with Crippen LogP contribution in [0.5, 0.6) is 11.5 Å². The van der Waals surface area contributed by atoms with Crippen LogP contribution in [-0.4, -0.2) is 26.0 Å². The molecule has 1 N–H and O–H groups in total. The number of fused-ring (bicyclic) bond motifs is 1. The minimum Gasteiger partial charge on any atom is -0.493 e. The molecule has 1 aromatic heterocycles. The summed E-state index contributed by atoms with van der Waals surface area (Å²) in [6.07, 6.45) is 1.65. The van der Waals surface area contributed by atoms with Crippen molar-refractivity contribution in [1.82, 2.24) is 0 Å². The average molecular weight is 285 g/mol. The summed E-state index contributed by atoms with van der Waals surface area (Å²) in [5, 5.41) is 0. The number of nitrogens with one attached hydrogen (secondary N) is 1. The molecule has 0 saturated carbocycles. The molecule has 6 nitrogen and oxygen atoms in total. The van der Waals surface area contributed by atoms with Crippen molar-refractivity contribution in [2.45, 2.75) is 0 Å². The molecular weight excluding hydrogens is 272 g/mol. The van der Waals surface area contributed by atoms with Gasteiger partial charge in [0.1, 0.15) is 5.56 Å². The minimum atomic E-state index is -0.437. The van der Waals surface area contributed by atoms with E-state index in [1.165, 1.54) is 14.2 Å². The van der Waals surface area contributed by atoms with Gasteiger partial charge in [-0.25, -0.2) is 14.6 Å². The molecule has 0 aliphatic carbocycles. The standard InChI is InChI=1S/C15H12N2O4/c1-20-10-7-6-9-12(13(10)21-2)15(19)17(14(9)18)11-5-3-4-8-16-11/h3-8H,1-2H3/p+1. The molecule has 2 heterocycles. The van der Waals surface area contributed by atoms with E-state index in [9.17, 15) is 9.59 Å². The second kappa shape index (κ2) is 4.90. The maximum absolute atomic E-state index is 12.6. The van der Waals surface area contributed by atoms with Crippen LogP contribution in [0.15, 0.2) is 36.5 Å². The number of rotatable bonds is 3. The summed E-state index contributed by atoms with van der Waals surface area (Å²) in [7, 11) is 2.92. The molecule has 0 saturated heterocycles. The third-order valence-electron chi connectivity index (χ3n) is 3.33. The summed E-state index contributed by atoms with van der Waals surface area (Å²) in [5.74, 6) is 0.263. The van der Waals surface area contributed by atoms with E-state index in [-0.39, 0.29) is 11.3 Å². The van der Waals surface area contributed by atoms with Gasteiger partial charge in [0.15, 0.2) is 11.5 Å². The number of benzene rings is 1. The molecule has 0 fully saturated rings. The Morgan fingerprint density at radius 2 is 1.81 bits per heavy atom. The van der Waals surface area contributed by atoms with E-state index in [0.717, 1.165) is 4.90 Å². The first-order valence-electron chi connectivity index (χ1n) is 6.29. The Balaban J connectivity index is 2.17. The van der Waals surface area contributed by atoms with Crippen LogP contribution >= 0.6 is 0 Å². The average Bonchev–Trinajstić information content (AvgIpc) is 2.78. The molecule has 0 bridgehead atoms. The van der Waals surface area contributed by atoms with Crippen LogP contribution in [0.2, 0.25) is 0 Å². The van der Waals surface area contributed by atoms with Gasteiger partial charge < -0.3 is 9.47 Å². The first-order chi connectivity index (χ1) is 10.2. The van der Waals surface area contributed by atoms with Crippen molar-refractivity contribution in [1.29, 1.82) is 0 Å². The normalized spacial score (nSPS) is 13.3. The SMILES string of the molecule is COc1ccc2c(c1OC)C(=O)N(c1cccc[nH+]1)C2=O. The second-order valence-corrected chi connectivity index (χ2v) is 4.42. The maximum Gasteiger partial charge on any atom is 0.353 e. The molecular formula is C15H13N2O4+. The van der Waals surface area contributed by atoms with Crippen LogP contribution in [-0.2, 0) is 0 Å². The topological polar surface area (TPSA) is 70.0 Å². The fourth-order valence-electron chi connectivity index (χ4n) is 2.38. The Labute approximate surface area is 120 Å². The molecule has 1 aliphatic heterocycles. The zero-order valence-electron chi connectivity index (χ0n) is 11.5. The Morgan fingerprint density at radius 3 is 2.43 bits per heavy atom. The number of amides is 2. The van der Waals surface area contributed by atoms with Gasteiger partial charge >= 0.3 is 11.8 Å². The number of hydrogen-bond donors (Lipinski definition) is 0. The van der Waals surface area contributed by atoms with Crippen molar-refractivity contribution in [3.05, 3.63) is 47.7 Å². The Hall–Kier alpha value is -2.89. The third kappa shape index (κ3) is 1.84. The maximum atomic E-state index is 12.6. The van der Waals surface area contributed by atoms with E-state index in [1.807, 2.05) is 0 Å². The molecule has 3 rings (SSSR count). The van der Waals surface area contributed by atoms with Crippen molar-refractivity contribution in [3.63, 3.8) is 0 Å². The van der Waals surface area contributed by atoms with E-state index in [4.69, 9.17) is 9.47 Å². The Bertz CT molecular complexity index is 728. The van der Waals surface area contributed by atoms with Crippen LogP contribution in [0.4, 0.5) is 5.82 Å². The van der Waals surface area contributed by atoms with E-state index in [2.05, 4.69) is 4.98 Å². The van der Waals surface area contributed by atoms with Gasteiger partial charge in [-0.15, -0.1) is 4.90 Å². The molecule has 0 atom stereocenters. The molecule has 0 unspecified atom stereocenters. The number of ether oxygens (including phenoxy) is 2. The molecule has 21 heavy (non-hydrogen) atoms. The Kier molecular flexibility index (Phi) is 3.06. The monoisotopic (exact) mass is 285 g/mol. The van der Waals surface area contributed by atoms with Crippen LogP contribution in [0.25, 0.3) is 0 Å². The fraction of sp³-hybridized carbons (Fsp3) is 0.133. The number of methoxy groups -OCH3 is 2. The van der Waals surface area contributed by atoms with Gasteiger partial charge in [-0.3, -0.25) is 0 Å². The van der Waals surface area contributed by atoms with Crippen LogP contribution < -0.4 is 19.4 Å². The summed E-state index contributed by atoms with van der Waals surface area (Å²) in [6.45, 7) is 0. The van der Waals surface area contributed by atoms with E-state index in [0.29, 0.717) is 17.1 Å². The second-order valence-electron chi connectivity index (χ2n) is 4.42. The van der Waals surface area contributed by atoms with Gasteiger partial charge in [0, 0.05) is 6.07 Å². The predicted molar refractivity (Wildman–Crippen MR) is 73.7 cm³/mol. The quantitative estimate of drug-likeness (QED) is 0.797. The molecule has 1 aliphatic rings. The highest BCUT2D eigenvalue weighted by Crippen LogP contribution is 2.38. The largest absolute Gasteiger partial charge is 0.493 e. The first-order valence-corrected chi connectivity index (χ1v) is 6.29. The molecule has 2 amide bonds. The lowest BCUT2D eigenvalue weighted by Crippen LogP contribution is -2.34. The number of H-pyrrole nitrogens is 1. The van der Waals surface area contributed by atoms with Gasteiger partial charge in [0.25, 0.3) is 5.82 Å². The van der Waals surface area contributed by atoms with E-state index in [1.54, 1.807) is 36.5 Å². The van der Waals surface area contributed by atoms with Crippen molar-refractivity contribution in [2.75, 3.05) is 19.1 Å². The lowest BCUT2D eigenvalue weighted by Gasteiger charge is -2.08. The van der Waals surface area contributed by atoms with Gasteiger partial charge in [0.05, 0.1) is 26.0 Å². The van der Waals surface area contributed by atoms with Gasteiger partial charge in [-0.2, -0.15) is 0 Å². The lowest BCUT2D eigenvalue weighted by molar-refractivity contribution is -0.362. The summed E-state index contributed by atoms with van der Waals surface area (Å²) < 4.78 is 10.4. The van der Waals surface area contributed by atoms with Crippen molar-refractivity contribution < 1.29 is 24.0 Å². The fourth-order valence-corrected chi connectivity index (χ4v) is 2.38. The highest BCUT2D eigenvalue weighted by atomic mass is 16.5. The smallest absolute Gasteiger partial charge is 0.353 e. The summed E-state index contributed by atoms with van der Waals surface area (Å²) in [6, 6.07) is 8.35. The van der Waals surface area contributed by atoms with Crippen LogP contribution in [0.3, 0.4) is 0 Å². The van der Waals surface area contributed by atoms with Crippen molar-refractivity contribution in [3.8, 4) is 11.5 Å². The number of hydrogen-bond acceptors (Lipinski definition) is 4. The van der Waals surface area contributed by atoms with Gasteiger partial charge in [0.2, 0.25) is 0 Å². The van der Waals surface area contributed by atoms with Crippen LogP contribution in [0.1, 0.15) is 20.7 Å². The number of carbonyl (C=O) groups is 2. The highest BCUT2D eigenvalue weighted by Gasteiger charge is 2.47. The summed E-state index contributed by atoms with van der Waals surface area (Å²) in [4.78, 5) is 29.0.